The molecule has 0 spiro atoms. The first-order valence-corrected chi connectivity index (χ1v) is 3.76. The molecule has 1 aliphatic rings. The summed E-state index contributed by atoms with van der Waals surface area (Å²) >= 11 is 0. The summed E-state index contributed by atoms with van der Waals surface area (Å²) in [4.78, 5) is 10.8. The van der Waals surface area contributed by atoms with Gasteiger partial charge in [-0.1, -0.05) is 12.8 Å². The summed E-state index contributed by atoms with van der Waals surface area (Å²) in [6.45, 7) is 3.05. The Balaban J connectivity index is 2.40. The van der Waals surface area contributed by atoms with Crippen molar-refractivity contribution in [3.05, 3.63) is 0 Å². The number of Topliss-reactive ketones (excluding diaryl/α,β-unsaturated/α-hetero) is 1. The molecule has 1 fully saturated rings. The molecule has 0 aromatic rings. The van der Waals surface area contributed by atoms with Crippen molar-refractivity contribution in [3.8, 4) is 0 Å². The lowest BCUT2D eigenvalue weighted by atomic mass is 9.95. The van der Waals surface area contributed by atoms with E-state index in [0.717, 1.165) is 0 Å². The highest BCUT2D eigenvalue weighted by atomic mass is 16.3. The van der Waals surface area contributed by atoms with Crippen LogP contribution < -0.4 is 0 Å². The Kier molecular flexibility index (Phi) is 1.82. The number of rotatable bonds is 3. The Bertz CT molecular complexity index is 145. The Labute approximate surface area is 61.2 Å². The van der Waals surface area contributed by atoms with Gasteiger partial charge in [0.05, 0.1) is 0 Å². The number of carbonyl (C=O) groups is 1. The fourth-order valence-corrected chi connectivity index (χ4v) is 1.03. The fourth-order valence-electron chi connectivity index (χ4n) is 1.03. The molecule has 0 heterocycles. The molecule has 2 heteroatoms. The molecular formula is C8H14O2. The van der Waals surface area contributed by atoms with E-state index in [9.17, 15) is 9.90 Å². The quantitative estimate of drug-likeness (QED) is 0.641. The van der Waals surface area contributed by atoms with Crippen LogP contribution in [0.1, 0.15) is 33.1 Å². The van der Waals surface area contributed by atoms with E-state index in [1.54, 1.807) is 6.92 Å². The molecule has 1 aliphatic carbocycles. The number of aliphatic hydroxyl groups is 1. The molecule has 1 saturated carbocycles. The minimum Gasteiger partial charge on any atom is -0.382 e. The highest BCUT2D eigenvalue weighted by molar-refractivity contribution is 5.84. The van der Waals surface area contributed by atoms with Gasteiger partial charge in [-0.2, -0.15) is 0 Å². The third-order valence-corrected chi connectivity index (χ3v) is 2.14. The van der Waals surface area contributed by atoms with Crippen LogP contribution in [0.2, 0.25) is 0 Å². The van der Waals surface area contributed by atoms with Gasteiger partial charge in [0.15, 0.2) is 5.78 Å². The van der Waals surface area contributed by atoms with Gasteiger partial charge in [-0.3, -0.25) is 4.79 Å². The second-order valence-corrected chi connectivity index (χ2v) is 3.48. The zero-order valence-corrected chi connectivity index (χ0v) is 6.55. The second-order valence-electron chi connectivity index (χ2n) is 3.48. The van der Waals surface area contributed by atoms with Crippen LogP contribution in [-0.2, 0) is 4.79 Å². The van der Waals surface area contributed by atoms with Crippen LogP contribution in [-0.4, -0.2) is 16.5 Å². The number of carbonyl (C=O) groups excluding carboxylic acids is 1. The van der Waals surface area contributed by atoms with Crippen molar-refractivity contribution in [1.82, 2.24) is 0 Å². The molecule has 0 radical (unpaired) electrons. The molecule has 1 atom stereocenters. The van der Waals surface area contributed by atoms with E-state index in [0.29, 0.717) is 12.3 Å². The summed E-state index contributed by atoms with van der Waals surface area (Å²) in [6, 6.07) is 0. The van der Waals surface area contributed by atoms with E-state index >= 15 is 0 Å². The van der Waals surface area contributed by atoms with Crippen LogP contribution in [0.25, 0.3) is 0 Å². The minimum absolute atomic E-state index is 0.112. The SMILES string of the molecule is CC(=O)[C@](C)(O)CC1CC1. The van der Waals surface area contributed by atoms with Gasteiger partial charge in [0.1, 0.15) is 5.60 Å². The maximum absolute atomic E-state index is 10.8. The Morgan fingerprint density at radius 1 is 1.70 bits per heavy atom. The van der Waals surface area contributed by atoms with E-state index in [-0.39, 0.29) is 5.78 Å². The van der Waals surface area contributed by atoms with Crippen LogP contribution in [0.15, 0.2) is 0 Å². The molecule has 0 amide bonds. The topological polar surface area (TPSA) is 37.3 Å². The molecule has 2 nitrogen and oxygen atoms in total. The lowest BCUT2D eigenvalue weighted by molar-refractivity contribution is -0.134. The second kappa shape index (κ2) is 2.35. The molecular weight excluding hydrogens is 128 g/mol. The molecule has 58 valence electrons. The van der Waals surface area contributed by atoms with Gasteiger partial charge < -0.3 is 5.11 Å². The molecule has 0 aromatic heterocycles. The van der Waals surface area contributed by atoms with Crippen LogP contribution in [0.4, 0.5) is 0 Å². The third kappa shape index (κ3) is 1.81. The molecule has 0 aromatic carbocycles. The third-order valence-electron chi connectivity index (χ3n) is 2.14. The first kappa shape index (κ1) is 7.73. The van der Waals surface area contributed by atoms with Crippen molar-refractivity contribution in [2.24, 2.45) is 5.92 Å². The first-order chi connectivity index (χ1) is 4.52. The fraction of sp³-hybridized carbons (Fsp3) is 0.875. The van der Waals surface area contributed by atoms with Crippen molar-refractivity contribution in [2.45, 2.75) is 38.7 Å². The zero-order chi connectivity index (χ0) is 7.78. The number of hydrogen-bond acceptors (Lipinski definition) is 2. The van der Waals surface area contributed by atoms with Gasteiger partial charge in [-0.05, 0) is 26.2 Å². The average Bonchev–Trinajstić information content (AvgIpc) is 2.48. The summed E-state index contributed by atoms with van der Waals surface area (Å²) in [5.74, 6) is 0.498. The number of hydrogen-bond donors (Lipinski definition) is 1. The van der Waals surface area contributed by atoms with Crippen molar-refractivity contribution in [1.29, 1.82) is 0 Å². The summed E-state index contributed by atoms with van der Waals surface area (Å²) < 4.78 is 0. The Morgan fingerprint density at radius 3 is 2.50 bits per heavy atom. The Hall–Kier alpha value is -0.370. The van der Waals surface area contributed by atoms with E-state index in [1.807, 2.05) is 0 Å². The normalized spacial score (nSPS) is 23.9. The lowest BCUT2D eigenvalue weighted by Gasteiger charge is -2.18. The lowest BCUT2D eigenvalue weighted by Crippen LogP contribution is -2.33. The summed E-state index contributed by atoms with van der Waals surface area (Å²) in [5.41, 5.74) is -1.05. The molecule has 1 N–H and O–H groups in total. The minimum atomic E-state index is -1.05. The van der Waals surface area contributed by atoms with Crippen molar-refractivity contribution in [2.75, 3.05) is 0 Å². The van der Waals surface area contributed by atoms with Gasteiger partial charge >= 0.3 is 0 Å². The van der Waals surface area contributed by atoms with Crippen molar-refractivity contribution >= 4 is 5.78 Å². The molecule has 0 aliphatic heterocycles. The molecule has 10 heavy (non-hydrogen) atoms. The molecule has 0 saturated heterocycles. The zero-order valence-electron chi connectivity index (χ0n) is 6.55. The predicted molar refractivity (Wildman–Crippen MR) is 38.6 cm³/mol. The van der Waals surface area contributed by atoms with Gasteiger partial charge in [-0.25, -0.2) is 0 Å². The number of ketones is 1. The largest absolute Gasteiger partial charge is 0.382 e. The highest BCUT2D eigenvalue weighted by Gasteiger charge is 2.34. The Morgan fingerprint density at radius 2 is 2.20 bits per heavy atom. The first-order valence-electron chi connectivity index (χ1n) is 3.76. The highest BCUT2D eigenvalue weighted by Crippen LogP contribution is 2.36. The maximum Gasteiger partial charge on any atom is 0.160 e. The van der Waals surface area contributed by atoms with E-state index in [4.69, 9.17) is 0 Å². The van der Waals surface area contributed by atoms with Crippen molar-refractivity contribution in [3.63, 3.8) is 0 Å². The standard InChI is InChI=1S/C8H14O2/c1-6(9)8(2,10)5-7-3-4-7/h7,10H,3-5H2,1-2H3/t8-/m1/s1. The van der Waals surface area contributed by atoms with Crippen molar-refractivity contribution < 1.29 is 9.90 Å². The average molecular weight is 142 g/mol. The van der Waals surface area contributed by atoms with Crippen LogP contribution in [0.5, 0.6) is 0 Å². The summed E-state index contributed by atoms with van der Waals surface area (Å²) in [5, 5.41) is 9.45. The van der Waals surface area contributed by atoms with Crippen LogP contribution in [0, 0.1) is 5.92 Å². The molecule has 1 rings (SSSR count). The van der Waals surface area contributed by atoms with Crippen LogP contribution in [0.3, 0.4) is 0 Å². The molecule has 0 unspecified atom stereocenters. The summed E-state index contributed by atoms with van der Waals surface area (Å²) in [7, 11) is 0. The monoisotopic (exact) mass is 142 g/mol. The van der Waals surface area contributed by atoms with E-state index in [2.05, 4.69) is 0 Å². The van der Waals surface area contributed by atoms with Gasteiger partial charge in [0.2, 0.25) is 0 Å². The summed E-state index contributed by atoms with van der Waals surface area (Å²) in [6.07, 6.45) is 3.02. The maximum atomic E-state index is 10.8. The van der Waals surface area contributed by atoms with Crippen LogP contribution >= 0.6 is 0 Å². The van der Waals surface area contributed by atoms with E-state index in [1.165, 1.54) is 19.8 Å². The van der Waals surface area contributed by atoms with Gasteiger partial charge in [-0.15, -0.1) is 0 Å². The smallest absolute Gasteiger partial charge is 0.160 e. The predicted octanol–water partition coefficient (Wildman–Crippen LogP) is 1.13. The molecule has 0 bridgehead atoms. The van der Waals surface area contributed by atoms with E-state index < -0.39 is 5.60 Å². The van der Waals surface area contributed by atoms with Gasteiger partial charge in [0, 0.05) is 0 Å². The van der Waals surface area contributed by atoms with Gasteiger partial charge in [0.25, 0.3) is 0 Å².